The van der Waals surface area contributed by atoms with Gasteiger partial charge >= 0.3 is 0 Å². The van der Waals surface area contributed by atoms with Crippen molar-refractivity contribution >= 4 is 97.6 Å². The van der Waals surface area contributed by atoms with Gasteiger partial charge in [-0.15, -0.1) is 0 Å². The molecule has 13 rings (SSSR count). The second kappa shape index (κ2) is 11.8. The Hall–Kier alpha value is -7.82. The highest BCUT2D eigenvalue weighted by Gasteiger charge is 2.23. The molecule has 0 aliphatic rings. The average Bonchev–Trinajstić information content (AvgIpc) is 3.81. The second-order valence-electron chi connectivity index (χ2n) is 15.3. The average molecular weight is 737 g/mol. The summed E-state index contributed by atoms with van der Waals surface area (Å²) < 4.78 is 4.70. The smallest absolute Gasteiger partial charge is 0.235 e. The van der Waals surface area contributed by atoms with Crippen molar-refractivity contribution in [1.82, 2.24) is 19.1 Å². The fourth-order valence-corrected chi connectivity index (χ4v) is 9.80. The van der Waals surface area contributed by atoms with Gasteiger partial charge in [0.05, 0.1) is 33.3 Å². The molecule has 0 radical (unpaired) electrons. The van der Waals surface area contributed by atoms with Crippen molar-refractivity contribution in [2.75, 3.05) is 0 Å². The number of nitrogens with zero attached hydrogens (tertiary/aromatic N) is 4. The molecule has 0 atom stereocenters. The third-order valence-corrected chi connectivity index (χ3v) is 12.3. The van der Waals surface area contributed by atoms with E-state index in [-0.39, 0.29) is 0 Å². The summed E-state index contributed by atoms with van der Waals surface area (Å²) in [6, 6.07) is 70.1. The molecule has 0 fully saturated rings. The van der Waals surface area contributed by atoms with Crippen LogP contribution in [0.2, 0.25) is 0 Å². The second-order valence-corrected chi connectivity index (χ2v) is 15.3. The predicted molar refractivity (Wildman–Crippen MR) is 244 cm³/mol. The maximum absolute atomic E-state index is 5.46. The monoisotopic (exact) mass is 736 g/mol. The van der Waals surface area contributed by atoms with E-state index in [1.807, 2.05) is 0 Å². The molecule has 0 N–H and O–H groups in total. The van der Waals surface area contributed by atoms with Gasteiger partial charge in [-0.05, 0) is 80.8 Å². The number of rotatable bonds is 3. The number of benzene rings is 10. The third kappa shape index (κ3) is 4.29. The lowest BCUT2D eigenvalue weighted by Crippen LogP contribution is -2.03. The summed E-state index contributed by atoms with van der Waals surface area (Å²) in [5.74, 6) is 0.661. The van der Waals surface area contributed by atoms with Crippen molar-refractivity contribution in [3.63, 3.8) is 0 Å². The summed E-state index contributed by atoms with van der Waals surface area (Å²) in [5.41, 5.74) is 8.67. The van der Waals surface area contributed by atoms with Crippen molar-refractivity contribution in [1.29, 1.82) is 0 Å². The number of para-hydroxylation sites is 3. The van der Waals surface area contributed by atoms with Crippen LogP contribution in [0.1, 0.15) is 0 Å². The lowest BCUT2D eigenvalue weighted by Gasteiger charge is -2.15. The van der Waals surface area contributed by atoms with Gasteiger partial charge in [-0.25, -0.2) is 9.97 Å². The summed E-state index contributed by atoms with van der Waals surface area (Å²) >= 11 is 0. The highest BCUT2D eigenvalue weighted by molar-refractivity contribution is 6.36. The van der Waals surface area contributed by atoms with Gasteiger partial charge in [0, 0.05) is 49.0 Å². The van der Waals surface area contributed by atoms with E-state index in [1.165, 1.54) is 64.9 Å². The largest absolute Gasteiger partial charge is 0.309 e. The molecule has 13 aromatic rings. The quantitative estimate of drug-likeness (QED) is 0.169. The van der Waals surface area contributed by atoms with Gasteiger partial charge in [0.25, 0.3) is 0 Å². The normalized spacial score (nSPS) is 12.1. The highest BCUT2D eigenvalue weighted by Crippen LogP contribution is 2.46. The molecule has 0 spiro atoms. The van der Waals surface area contributed by atoms with E-state index >= 15 is 0 Å². The van der Waals surface area contributed by atoms with Crippen molar-refractivity contribution in [2.24, 2.45) is 0 Å². The number of aromatic nitrogens is 4. The SMILES string of the molecule is c1ccc(-c2nc(-n3c4ccccc4c4c5c6ccccc6c6cc7c(cc6c5ccc43)c3ccccc3n7-c3ccccc3)nc3c2ccc2ccccc23)cc1. The first-order chi connectivity index (χ1) is 28.8. The van der Waals surface area contributed by atoms with Crippen LogP contribution < -0.4 is 0 Å². The van der Waals surface area contributed by atoms with Gasteiger partial charge in [-0.2, -0.15) is 0 Å². The maximum Gasteiger partial charge on any atom is 0.235 e. The third-order valence-electron chi connectivity index (χ3n) is 12.3. The van der Waals surface area contributed by atoms with Crippen LogP contribution in [0.15, 0.2) is 194 Å². The molecule has 3 heterocycles. The van der Waals surface area contributed by atoms with E-state index in [2.05, 4.69) is 203 Å². The van der Waals surface area contributed by atoms with Gasteiger partial charge in [-0.1, -0.05) is 146 Å². The Morgan fingerprint density at radius 2 is 0.914 bits per heavy atom. The zero-order valence-electron chi connectivity index (χ0n) is 31.3. The number of fused-ring (bicyclic) bond motifs is 16. The molecule has 10 aromatic carbocycles. The summed E-state index contributed by atoms with van der Waals surface area (Å²) in [7, 11) is 0. The molecule has 0 aliphatic carbocycles. The predicted octanol–water partition coefficient (Wildman–Crippen LogP) is 14.1. The van der Waals surface area contributed by atoms with Gasteiger partial charge in [0.1, 0.15) is 0 Å². The zero-order chi connectivity index (χ0) is 37.9. The zero-order valence-corrected chi connectivity index (χ0v) is 31.3. The fraction of sp³-hybridized carbons (Fsp3) is 0. The summed E-state index contributed by atoms with van der Waals surface area (Å²) in [6.07, 6.45) is 0. The Labute approximate surface area is 332 Å². The Morgan fingerprint density at radius 1 is 0.310 bits per heavy atom. The standard InChI is InChI=1S/C54H32N4/c1-3-16-34(17-4-1)52-42-28-27-33-15-7-8-20-36(33)53(42)56-54(55-52)58-47-26-14-12-24-41(47)51-48(58)30-29-40-43-31-45-38-22-11-13-25-46(38)57(35-18-5-2-6-19-35)49(45)32-44(43)37-21-9-10-23-39(37)50(40)51/h1-32H. The van der Waals surface area contributed by atoms with Crippen LogP contribution >= 0.6 is 0 Å². The lowest BCUT2D eigenvalue weighted by molar-refractivity contribution is 1.02. The van der Waals surface area contributed by atoms with E-state index in [0.717, 1.165) is 49.7 Å². The molecular weight excluding hydrogens is 705 g/mol. The summed E-state index contributed by atoms with van der Waals surface area (Å²) in [5, 5.41) is 15.6. The lowest BCUT2D eigenvalue weighted by atomic mass is 9.91. The minimum atomic E-state index is 0.661. The van der Waals surface area contributed by atoms with Crippen LogP contribution in [0.3, 0.4) is 0 Å². The first-order valence-electron chi connectivity index (χ1n) is 19.8. The molecular formula is C54H32N4. The Kier molecular flexibility index (Phi) is 6.41. The topological polar surface area (TPSA) is 35.6 Å². The van der Waals surface area contributed by atoms with E-state index in [1.54, 1.807) is 0 Å². The fourth-order valence-electron chi connectivity index (χ4n) is 9.80. The summed E-state index contributed by atoms with van der Waals surface area (Å²) in [4.78, 5) is 10.9. The molecule has 3 aromatic heterocycles. The van der Waals surface area contributed by atoms with Crippen LogP contribution in [-0.2, 0) is 0 Å². The van der Waals surface area contributed by atoms with Crippen molar-refractivity contribution in [3.05, 3.63) is 194 Å². The maximum atomic E-state index is 5.46. The molecule has 0 saturated carbocycles. The van der Waals surface area contributed by atoms with Crippen molar-refractivity contribution < 1.29 is 0 Å². The van der Waals surface area contributed by atoms with Crippen LogP contribution in [0.25, 0.3) is 120 Å². The molecule has 4 heteroatoms. The van der Waals surface area contributed by atoms with E-state index in [0.29, 0.717) is 5.95 Å². The minimum absolute atomic E-state index is 0.661. The van der Waals surface area contributed by atoms with E-state index in [4.69, 9.17) is 9.97 Å². The van der Waals surface area contributed by atoms with Gasteiger partial charge in [-0.3, -0.25) is 4.57 Å². The van der Waals surface area contributed by atoms with Gasteiger partial charge in [0.2, 0.25) is 5.95 Å². The Morgan fingerprint density at radius 3 is 1.72 bits per heavy atom. The highest BCUT2D eigenvalue weighted by atomic mass is 15.2. The first kappa shape index (κ1) is 31.4. The molecule has 0 unspecified atom stereocenters. The molecule has 4 nitrogen and oxygen atoms in total. The number of hydrogen-bond acceptors (Lipinski definition) is 2. The van der Waals surface area contributed by atoms with Gasteiger partial charge < -0.3 is 4.57 Å². The molecule has 268 valence electrons. The van der Waals surface area contributed by atoms with Crippen LogP contribution in [0.5, 0.6) is 0 Å². The van der Waals surface area contributed by atoms with Crippen LogP contribution in [0.4, 0.5) is 0 Å². The molecule has 0 bridgehead atoms. The van der Waals surface area contributed by atoms with E-state index < -0.39 is 0 Å². The van der Waals surface area contributed by atoms with Crippen LogP contribution in [-0.4, -0.2) is 19.1 Å². The molecule has 58 heavy (non-hydrogen) atoms. The van der Waals surface area contributed by atoms with Crippen molar-refractivity contribution in [3.8, 4) is 22.9 Å². The first-order valence-corrected chi connectivity index (χ1v) is 19.8. The molecule has 0 aliphatic heterocycles. The van der Waals surface area contributed by atoms with Crippen LogP contribution in [0, 0.1) is 0 Å². The molecule has 0 amide bonds. The molecule has 0 saturated heterocycles. The van der Waals surface area contributed by atoms with Crippen molar-refractivity contribution in [2.45, 2.75) is 0 Å². The number of hydrogen-bond donors (Lipinski definition) is 0. The van der Waals surface area contributed by atoms with E-state index in [9.17, 15) is 0 Å². The minimum Gasteiger partial charge on any atom is -0.309 e. The summed E-state index contributed by atoms with van der Waals surface area (Å²) in [6.45, 7) is 0. The van der Waals surface area contributed by atoms with Gasteiger partial charge in [0.15, 0.2) is 0 Å². The Bertz CT molecular complexity index is 3840. The Balaban J connectivity index is 1.18.